The molecule has 86 valence electrons. The number of nitrogens with one attached hydrogen (secondary N) is 2. The number of anilines is 1. The molecule has 0 bridgehead atoms. The topological polar surface area (TPSA) is 87.7 Å². The summed E-state index contributed by atoms with van der Waals surface area (Å²) in [5, 5.41) is 6.42. The lowest BCUT2D eigenvalue weighted by Gasteiger charge is -2.00. The molecular formula is C8H10N4O2S2. The molecule has 2 rings (SSSR count). The summed E-state index contributed by atoms with van der Waals surface area (Å²) in [6, 6.07) is 0. The van der Waals surface area contributed by atoms with Gasteiger partial charge in [0.1, 0.15) is 4.90 Å². The van der Waals surface area contributed by atoms with Crippen LogP contribution < -0.4 is 4.72 Å². The van der Waals surface area contributed by atoms with Crippen molar-refractivity contribution in [2.45, 2.75) is 18.7 Å². The maximum atomic E-state index is 11.8. The lowest BCUT2D eigenvalue weighted by Crippen LogP contribution is -2.11. The van der Waals surface area contributed by atoms with Gasteiger partial charge in [-0.25, -0.2) is 13.4 Å². The van der Waals surface area contributed by atoms with Crippen LogP contribution in [0.4, 0.5) is 5.13 Å². The molecule has 0 radical (unpaired) electrons. The molecule has 0 unspecified atom stereocenters. The number of aromatic nitrogens is 3. The van der Waals surface area contributed by atoms with E-state index in [4.69, 9.17) is 0 Å². The molecule has 0 aromatic carbocycles. The maximum absolute atomic E-state index is 11.8. The van der Waals surface area contributed by atoms with Crippen molar-refractivity contribution in [3.05, 3.63) is 23.0 Å². The lowest BCUT2D eigenvalue weighted by atomic mass is 10.4. The molecule has 0 atom stereocenters. The van der Waals surface area contributed by atoms with Gasteiger partial charge < -0.3 is 0 Å². The molecule has 0 saturated heterocycles. The van der Waals surface area contributed by atoms with Crippen molar-refractivity contribution in [3.8, 4) is 0 Å². The predicted molar refractivity (Wildman–Crippen MR) is 61.0 cm³/mol. The maximum Gasteiger partial charge on any atom is 0.266 e. The molecule has 0 spiro atoms. The van der Waals surface area contributed by atoms with Gasteiger partial charge in [-0.3, -0.25) is 9.82 Å². The Labute approximate surface area is 96.8 Å². The standard InChI is InChI=1S/C8H10N4O2S2/c1-5-6(2)15-8(11-5)12-16(13,14)7-3-9-10-4-7/h3-4H,1-2H3,(H,9,10)(H,11,12). The quantitative estimate of drug-likeness (QED) is 0.868. The van der Waals surface area contributed by atoms with Crippen LogP contribution in [0.25, 0.3) is 0 Å². The molecule has 0 amide bonds. The average molecular weight is 258 g/mol. The molecule has 16 heavy (non-hydrogen) atoms. The molecule has 2 aromatic rings. The number of H-pyrrole nitrogens is 1. The van der Waals surface area contributed by atoms with Crippen LogP contribution in [-0.4, -0.2) is 23.6 Å². The number of hydrogen-bond acceptors (Lipinski definition) is 5. The monoisotopic (exact) mass is 258 g/mol. The summed E-state index contributed by atoms with van der Waals surface area (Å²) < 4.78 is 26.0. The highest BCUT2D eigenvalue weighted by atomic mass is 32.2. The van der Waals surface area contributed by atoms with Crippen LogP contribution in [0.2, 0.25) is 0 Å². The Hall–Kier alpha value is -1.41. The summed E-state index contributed by atoms with van der Waals surface area (Å²) in [5.74, 6) is 0. The van der Waals surface area contributed by atoms with Crippen LogP contribution in [0.5, 0.6) is 0 Å². The lowest BCUT2D eigenvalue weighted by molar-refractivity contribution is 0.601. The van der Waals surface area contributed by atoms with Crippen molar-refractivity contribution in [3.63, 3.8) is 0 Å². The van der Waals surface area contributed by atoms with Crippen LogP contribution in [0.1, 0.15) is 10.6 Å². The van der Waals surface area contributed by atoms with Gasteiger partial charge in [0.15, 0.2) is 5.13 Å². The first-order valence-electron chi connectivity index (χ1n) is 4.44. The molecule has 6 nitrogen and oxygen atoms in total. The van der Waals surface area contributed by atoms with Gasteiger partial charge in [0.25, 0.3) is 10.0 Å². The first-order chi connectivity index (χ1) is 7.49. The van der Waals surface area contributed by atoms with Crippen molar-refractivity contribution in [1.82, 2.24) is 15.2 Å². The fourth-order valence-corrected chi connectivity index (χ4v) is 3.03. The van der Waals surface area contributed by atoms with Gasteiger partial charge in [-0.05, 0) is 13.8 Å². The molecule has 2 heterocycles. The van der Waals surface area contributed by atoms with Crippen LogP contribution >= 0.6 is 11.3 Å². The van der Waals surface area contributed by atoms with E-state index in [0.29, 0.717) is 5.13 Å². The van der Waals surface area contributed by atoms with E-state index in [-0.39, 0.29) is 4.90 Å². The third-order valence-electron chi connectivity index (χ3n) is 2.03. The third-order valence-corrected chi connectivity index (χ3v) is 4.46. The zero-order valence-electron chi connectivity index (χ0n) is 8.68. The average Bonchev–Trinajstić information content (AvgIpc) is 2.77. The van der Waals surface area contributed by atoms with E-state index in [1.165, 1.54) is 23.7 Å². The molecule has 2 aromatic heterocycles. The molecular weight excluding hydrogens is 248 g/mol. The highest BCUT2D eigenvalue weighted by Gasteiger charge is 2.17. The Kier molecular flexibility index (Phi) is 2.68. The van der Waals surface area contributed by atoms with Crippen molar-refractivity contribution in [2.75, 3.05) is 4.72 Å². The summed E-state index contributed by atoms with van der Waals surface area (Å²) in [6.45, 7) is 3.73. The second kappa shape index (κ2) is 3.87. The zero-order valence-corrected chi connectivity index (χ0v) is 10.3. The van der Waals surface area contributed by atoms with Gasteiger partial charge >= 0.3 is 0 Å². The van der Waals surface area contributed by atoms with Gasteiger partial charge in [-0.1, -0.05) is 0 Å². The highest BCUT2D eigenvalue weighted by molar-refractivity contribution is 7.93. The van der Waals surface area contributed by atoms with E-state index in [0.717, 1.165) is 10.6 Å². The van der Waals surface area contributed by atoms with Gasteiger partial charge in [0, 0.05) is 11.1 Å². The molecule has 2 N–H and O–H groups in total. The van der Waals surface area contributed by atoms with Gasteiger partial charge in [-0.2, -0.15) is 5.10 Å². The minimum Gasteiger partial charge on any atom is -0.284 e. The first-order valence-corrected chi connectivity index (χ1v) is 6.74. The number of aromatic amines is 1. The number of nitrogens with zero attached hydrogens (tertiary/aromatic N) is 2. The fraction of sp³-hybridized carbons (Fsp3) is 0.250. The van der Waals surface area contributed by atoms with E-state index in [9.17, 15) is 8.42 Å². The summed E-state index contributed by atoms with van der Waals surface area (Å²) in [6.07, 6.45) is 2.56. The molecule has 0 aliphatic heterocycles. The first kappa shape index (κ1) is 11.1. The Morgan fingerprint density at radius 3 is 2.69 bits per heavy atom. The van der Waals surface area contributed by atoms with Crippen molar-refractivity contribution >= 4 is 26.5 Å². The van der Waals surface area contributed by atoms with Crippen LogP contribution in [0, 0.1) is 13.8 Å². The predicted octanol–water partition coefficient (Wildman–Crippen LogP) is 1.28. The SMILES string of the molecule is Cc1nc(NS(=O)(=O)c2cn[nH]c2)sc1C. The summed E-state index contributed by atoms with van der Waals surface area (Å²) in [4.78, 5) is 5.19. The van der Waals surface area contributed by atoms with Gasteiger partial charge in [0.2, 0.25) is 0 Å². The Bertz CT molecular complexity index is 566. The minimum atomic E-state index is -3.57. The van der Waals surface area contributed by atoms with E-state index < -0.39 is 10.0 Å². The number of thiazole rings is 1. The molecule has 0 aliphatic rings. The van der Waals surface area contributed by atoms with E-state index >= 15 is 0 Å². The van der Waals surface area contributed by atoms with E-state index in [2.05, 4.69) is 19.9 Å². The van der Waals surface area contributed by atoms with E-state index in [1.807, 2.05) is 13.8 Å². The van der Waals surface area contributed by atoms with Crippen LogP contribution in [-0.2, 0) is 10.0 Å². The Balaban J connectivity index is 2.28. The smallest absolute Gasteiger partial charge is 0.266 e. The van der Waals surface area contributed by atoms with Crippen LogP contribution in [0.3, 0.4) is 0 Å². The largest absolute Gasteiger partial charge is 0.284 e. The second-order valence-electron chi connectivity index (χ2n) is 3.20. The Morgan fingerprint density at radius 2 is 2.19 bits per heavy atom. The summed E-state index contributed by atoms with van der Waals surface area (Å²) in [5.41, 5.74) is 0.829. The number of rotatable bonds is 3. The van der Waals surface area contributed by atoms with Gasteiger partial charge in [-0.15, -0.1) is 11.3 Å². The highest BCUT2D eigenvalue weighted by Crippen LogP contribution is 2.23. The molecule has 0 saturated carbocycles. The normalized spacial score (nSPS) is 11.6. The summed E-state index contributed by atoms with van der Waals surface area (Å²) >= 11 is 1.31. The van der Waals surface area contributed by atoms with Crippen molar-refractivity contribution in [2.24, 2.45) is 0 Å². The molecule has 8 heteroatoms. The Morgan fingerprint density at radius 1 is 1.44 bits per heavy atom. The van der Waals surface area contributed by atoms with Gasteiger partial charge in [0.05, 0.1) is 11.9 Å². The van der Waals surface area contributed by atoms with Crippen molar-refractivity contribution in [1.29, 1.82) is 0 Å². The zero-order chi connectivity index (χ0) is 11.8. The number of hydrogen-bond donors (Lipinski definition) is 2. The third kappa shape index (κ3) is 2.07. The molecule has 0 aliphatic carbocycles. The minimum absolute atomic E-state index is 0.0954. The second-order valence-corrected chi connectivity index (χ2v) is 6.09. The van der Waals surface area contributed by atoms with Crippen LogP contribution in [0.15, 0.2) is 17.3 Å². The van der Waals surface area contributed by atoms with Crippen molar-refractivity contribution < 1.29 is 8.42 Å². The molecule has 0 fully saturated rings. The van der Waals surface area contributed by atoms with E-state index in [1.54, 1.807) is 0 Å². The number of aryl methyl sites for hydroxylation is 2. The fourth-order valence-electron chi connectivity index (χ4n) is 1.08. The summed E-state index contributed by atoms with van der Waals surface area (Å²) in [7, 11) is -3.57. The number of sulfonamides is 1.